The predicted molar refractivity (Wildman–Crippen MR) is 121 cm³/mol. The summed E-state index contributed by atoms with van der Waals surface area (Å²) in [5, 5.41) is 2.62. The van der Waals surface area contributed by atoms with Crippen molar-refractivity contribution in [2.45, 2.75) is 39.4 Å². The van der Waals surface area contributed by atoms with E-state index in [1.807, 2.05) is 6.92 Å². The van der Waals surface area contributed by atoms with Crippen LogP contribution in [-0.2, 0) is 17.5 Å². The van der Waals surface area contributed by atoms with E-state index >= 15 is 0 Å². The van der Waals surface area contributed by atoms with Crippen molar-refractivity contribution in [3.63, 3.8) is 0 Å². The van der Waals surface area contributed by atoms with Gasteiger partial charge in [0.15, 0.2) is 0 Å². The van der Waals surface area contributed by atoms with Crippen LogP contribution < -0.4 is 10.9 Å². The summed E-state index contributed by atoms with van der Waals surface area (Å²) in [5.41, 5.74) is -0.932. The highest BCUT2D eigenvalue weighted by atomic mass is 32.1. The fraction of sp³-hybridized carbons (Fsp3) is 0.364. The van der Waals surface area contributed by atoms with Crippen molar-refractivity contribution in [1.82, 2.24) is 14.5 Å². The number of carbonyl (C=O) groups excluding carboxylic acids is 2. The first-order valence-corrected chi connectivity index (χ1v) is 11.1. The SMILES string of the molecule is CCCCN(C)C(=O)c1sc2ncn(CC(=O)Nc3cccc(C(F)(F)F)c3)c(=O)c2c1C. The summed E-state index contributed by atoms with van der Waals surface area (Å²) in [6, 6.07) is 4.23. The van der Waals surface area contributed by atoms with Crippen LogP contribution in [0.3, 0.4) is 0 Å². The Balaban J connectivity index is 1.83. The standard InChI is InChI=1S/C22H23F3N4O3S/c1-4-5-9-28(3)21(32)18-13(2)17-19(33-18)26-12-29(20(17)31)11-16(30)27-15-8-6-7-14(10-15)22(23,24)25/h6-8,10,12H,4-5,9,11H2,1-3H3,(H,27,30). The first-order valence-electron chi connectivity index (χ1n) is 10.2. The van der Waals surface area contributed by atoms with Gasteiger partial charge in [0, 0.05) is 19.3 Å². The van der Waals surface area contributed by atoms with Crippen molar-refractivity contribution in [2.75, 3.05) is 18.9 Å². The predicted octanol–water partition coefficient (Wildman–Crippen LogP) is 4.30. The minimum atomic E-state index is -4.54. The number of nitrogens with one attached hydrogen (secondary N) is 1. The Hall–Kier alpha value is -3.21. The van der Waals surface area contributed by atoms with E-state index in [0.717, 1.165) is 40.9 Å². The number of benzene rings is 1. The number of hydrogen-bond donors (Lipinski definition) is 1. The molecule has 0 spiro atoms. The molecule has 3 rings (SSSR count). The molecule has 2 heterocycles. The summed E-state index contributed by atoms with van der Waals surface area (Å²) in [6.45, 7) is 3.85. The van der Waals surface area contributed by atoms with Gasteiger partial charge in [-0.05, 0) is 37.1 Å². The summed E-state index contributed by atoms with van der Waals surface area (Å²) in [4.78, 5) is 44.7. The molecule has 11 heteroatoms. The lowest BCUT2D eigenvalue weighted by Crippen LogP contribution is -2.28. The van der Waals surface area contributed by atoms with Crippen LogP contribution in [0.4, 0.5) is 18.9 Å². The van der Waals surface area contributed by atoms with Crippen molar-refractivity contribution < 1.29 is 22.8 Å². The number of fused-ring (bicyclic) bond motifs is 1. The van der Waals surface area contributed by atoms with Gasteiger partial charge in [0.05, 0.1) is 22.2 Å². The lowest BCUT2D eigenvalue weighted by atomic mass is 10.2. The van der Waals surface area contributed by atoms with E-state index in [2.05, 4.69) is 10.3 Å². The number of nitrogens with zero attached hydrogens (tertiary/aromatic N) is 3. The van der Waals surface area contributed by atoms with Gasteiger partial charge in [-0.25, -0.2) is 4.98 Å². The normalized spacial score (nSPS) is 11.6. The van der Waals surface area contributed by atoms with Gasteiger partial charge in [0.25, 0.3) is 11.5 Å². The zero-order valence-electron chi connectivity index (χ0n) is 18.3. The van der Waals surface area contributed by atoms with Crippen molar-refractivity contribution in [3.05, 3.63) is 57.0 Å². The van der Waals surface area contributed by atoms with Crippen molar-refractivity contribution >= 4 is 39.1 Å². The second-order valence-corrected chi connectivity index (χ2v) is 8.62. The largest absolute Gasteiger partial charge is 0.416 e. The third-order valence-electron chi connectivity index (χ3n) is 5.09. The summed E-state index contributed by atoms with van der Waals surface area (Å²) in [5.74, 6) is -0.877. The Bertz CT molecular complexity index is 1250. The molecular weight excluding hydrogens is 457 g/mol. The van der Waals surface area contributed by atoms with E-state index in [-0.39, 0.29) is 17.0 Å². The molecule has 0 aliphatic rings. The molecule has 3 aromatic rings. The zero-order chi connectivity index (χ0) is 24.3. The third kappa shape index (κ3) is 5.41. The minimum Gasteiger partial charge on any atom is -0.341 e. The summed E-state index contributed by atoms with van der Waals surface area (Å²) in [7, 11) is 1.70. The summed E-state index contributed by atoms with van der Waals surface area (Å²) < 4.78 is 39.7. The highest BCUT2D eigenvalue weighted by Crippen LogP contribution is 2.31. The van der Waals surface area contributed by atoms with E-state index in [1.165, 1.54) is 18.5 Å². The molecule has 0 bridgehead atoms. The highest BCUT2D eigenvalue weighted by molar-refractivity contribution is 7.20. The molecule has 0 saturated carbocycles. The Labute approximate surface area is 191 Å². The lowest BCUT2D eigenvalue weighted by Gasteiger charge is -2.16. The van der Waals surface area contributed by atoms with Gasteiger partial charge in [0.2, 0.25) is 5.91 Å². The van der Waals surface area contributed by atoms with E-state index in [0.29, 0.717) is 21.8 Å². The lowest BCUT2D eigenvalue weighted by molar-refractivity contribution is -0.137. The number of anilines is 1. The maximum Gasteiger partial charge on any atom is 0.416 e. The quantitative estimate of drug-likeness (QED) is 0.547. The van der Waals surface area contributed by atoms with Crippen LogP contribution in [0.5, 0.6) is 0 Å². The number of halogens is 3. The molecular formula is C22H23F3N4O3S. The second-order valence-electron chi connectivity index (χ2n) is 7.62. The molecule has 1 N–H and O–H groups in total. The Morgan fingerprint density at radius 2 is 2.00 bits per heavy atom. The number of carbonyl (C=O) groups is 2. The monoisotopic (exact) mass is 480 g/mol. The van der Waals surface area contributed by atoms with Crippen LogP contribution in [0.1, 0.15) is 40.6 Å². The average Bonchev–Trinajstić information content (AvgIpc) is 3.10. The summed E-state index contributed by atoms with van der Waals surface area (Å²) in [6.07, 6.45) is -1.54. The maximum atomic E-state index is 13.0. The number of thiophene rings is 1. The zero-order valence-corrected chi connectivity index (χ0v) is 19.1. The van der Waals surface area contributed by atoms with Crippen LogP contribution >= 0.6 is 11.3 Å². The van der Waals surface area contributed by atoms with Crippen molar-refractivity contribution in [1.29, 1.82) is 0 Å². The van der Waals surface area contributed by atoms with Gasteiger partial charge in [-0.2, -0.15) is 13.2 Å². The molecule has 0 aliphatic carbocycles. The fourth-order valence-electron chi connectivity index (χ4n) is 3.27. The number of aromatic nitrogens is 2. The van der Waals surface area contributed by atoms with Gasteiger partial charge in [-0.15, -0.1) is 11.3 Å². The van der Waals surface area contributed by atoms with E-state index in [1.54, 1.807) is 18.9 Å². The Morgan fingerprint density at radius 3 is 2.67 bits per heavy atom. The molecule has 176 valence electrons. The fourth-order valence-corrected chi connectivity index (χ4v) is 4.41. The molecule has 33 heavy (non-hydrogen) atoms. The number of amides is 2. The Kier molecular flexibility index (Phi) is 7.21. The first-order chi connectivity index (χ1) is 15.5. The molecule has 1 aromatic carbocycles. The van der Waals surface area contributed by atoms with Crippen LogP contribution in [0.2, 0.25) is 0 Å². The van der Waals surface area contributed by atoms with Gasteiger partial charge in [-0.1, -0.05) is 19.4 Å². The minimum absolute atomic E-state index is 0.0355. The molecule has 0 fully saturated rings. The molecule has 0 atom stereocenters. The molecule has 2 aromatic heterocycles. The average molecular weight is 481 g/mol. The third-order valence-corrected chi connectivity index (χ3v) is 6.28. The van der Waals surface area contributed by atoms with Crippen LogP contribution in [0, 0.1) is 6.92 Å². The highest BCUT2D eigenvalue weighted by Gasteiger charge is 2.30. The second kappa shape index (κ2) is 9.74. The van der Waals surface area contributed by atoms with Gasteiger partial charge in [-0.3, -0.25) is 19.0 Å². The van der Waals surface area contributed by atoms with Crippen LogP contribution in [-0.4, -0.2) is 39.9 Å². The molecule has 0 aliphatic heterocycles. The number of hydrogen-bond acceptors (Lipinski definition) is 5. The molecule has 0 saturated heterocycles. The maximum absolute atomic E-state index is 13.0. The van der Waals surface area contributed by atoms with Crippen molar-refractivity contribution in [2.24, 2.45) is 0 Å². The summed E-state index contributed by atoms with van der Waals surface area (Å²) >= 11 is 1.12. The van der Waals surface area contributed by atoms with Gasteiger partial charge >= 0.3 is 6.18 Å². The number of alkyl halides is 3. The van der Waals surface area contributed by atoms with E-state index in [9.17, 15) is 27.6 Å². The van der Waals surface area contributed by atoms with Crippen LogP contribution in [0.15, 0.2) is 35.4 Å². The molecule has 0 radical (unpaired) electrons. The first kappa shape index (κ1) is 24.4. The smallest absolute Gasteiger partial charge is 0.341 e. The Morgan fingerprint density at radius 1 is 1.27 bits per heavy atom. The number of unbranched alkanes of at least 4 members (excludes halogenated alkanes) is 1. The van der Waals surface area contributed by atoms with Gasteiger partial charge < -0.3 is 10.2 Å². The number of rotatable bonds is 7. The molecule has 0 unspecified atom stereocenters. The molecule has 2 amide bonds. The molecule has 7 nitrogen and oxygen atoms in total. The van der Waals surface area contributed by atoms with Crippen molar-refractivity contribution in [3.8, 4) is 0 Å². The van der Waals surface area contributed by atoms with E-state index < -0.39 is 29.8 Å². The van der Waals surface area contributed by atoms with Crippen LogP contribution in [0.25, 0.3) is 10.2 Å². The van der Waals surface area contributed by atoms with E-state index in [4.69, 9.17) is 0 Å². The number of aryl methyl sites for hydroxylation is 1. The topological polar surface area (TPSA) is 84.3 Å². The van der Waals surface area contributed by atoms with Gasteiger partial charge in [0.1, 0.15) is 11.4 Å².